The first-order valence-corrected chi connectivity index (χ1v) is 15.8. The van der Waals surface area contributed by atoms with Gasteiger partial charge in [0.2, 0.25) is 0 Å². The molecule has 0 amide bonds. The van der Waals surface area contributed by atoms with Crippen LogP contribution in [0.4, 0.5) is 15.2 Å². The Hall–Kier alpha value is -3.28. The van der Waals surface area contributed by atoms with Crippen LogP contribution in [0, 0.1) is 24.1 Å². The molecule has 1 fully saturated rings. The lowest BCUT2D eigenvalue weighted by molar-refractivity contribution is 0.135. The van der Waals surface area contributed by atoms with Gasteiger partial charge in [0.15, 0.2) is 5.82 Å². The third-order valence-corrected chi connectivity index (χ3v) is 8.10. The summed E-state index contributed by atoms with van der Waals surface area (Å²) in [5.74, 6) is 0.500. The molecule has 0 bridgehead atoms. The van der Waals surface area contributed by atoms with E-state index >= 15 is 0 Å². The second-order valence-corrected chi connectivity index (χ2v) is 11.1. The van der Waals surface area contributed by atoms with Crippen molar-refractivity contribution in [2.75, 3.05) is 23.7 Å². The number of ether oxygens (including phenoxy) is 1. The number of nitrogens with zero attached hydrogens (tertiary/aromatic N) is 4. The molecule has 1 saturated heterocycles. The Kier molecular flexibility index (Phi) is 11.9. The summed E-state index contributed by atoms with van der Waals surface area (Å²) in [5, 5.41) is 11.6. The van der Waals surface area contributed by atoms with E-state index < -0.39 is 5.82 Å². The molecule has 0 saturated carbocycles. The maximum absolute atomic E-state index is 14.6. The first-order chi connectivity index (χ1) is 19.9. The SMILES string of the molecule is CC.CCC.CCCC.Cc1c(-c2ncc(F)c3sc(N)c(C#N)c23)c2c(c3ccc(N4CCCC4)nc13)COC2. The minimum Gasteiger partial charge on any atom is -0.389 e. The number of aryl methyl sites for hydroxylation is 1. The Balaban J connectivity index is 0.000000459. The molecule has 0 spiro atoms. The van der Waals surface area contributed by atoms with Gasteiger partial charge in [0, 0.05) is 29.4 Å². The highest BCUT2D eigenvalue weighted by Gasteiger charge is 2.28. The Morgan fingerprint density at radius 2 is 1.71 bits per heavy atom. The zero-order chi connectivity index (χ0) is 30.1. The van der Waals surface area contributed by atoms with E-state index in [1.807, 2.05) is 20.8 Å². The number of nitrogens with two attached hydrogens (primary N) is 1. The molecular formula is C33H44FN5OS. The average Bonchev–Trinajstić information content (AvgIpc) is 3.76. The van der Waals surface area contributed by atoms with Crippen LogP contribution in [-0.2, 0) is 18.0 Å². The number of benzene rings is 1. The largest absolute Gasteiger partial charge is 0.389 e. The molecule has 0 radical (unpaired) electrons. The first-order valence-electron chi connectivity index (χ1n) is 15.0. The van der Waals surface area contributed by atoms with E-state index in [-0.39, 0.29) is 5.56 Å². The lowest BCUT2D eigenvalue weighted by atomic mass is 9.90. The second-order valence-electron chi connectivity index (χ2n) is 10.0. The highest BCUT2D eigenvalue weighted by Crippen LogP contribution is 2.45. The van der Waals surface area contributed by atoms with Crippen LogP contribution in [-0.4, -0.2) is 23.1 Å². The number of anilines is 2. The zero-order valence-corrected chi connectivity index (χ0v) is 26.5. The number of nitriles is 1. The zero-order valence-electron chi connectivity index (χ0n) is 25.7. The lowest BCUT2D eigenvalue weighted by Gasteiger charge is -2.20. The highest BCUT2D eigenvalue weighted by molar-refractivity contribution is 7.23. The van der Waals surface area contributed by atoms with Crippen molar-refractivity contribution in [1.82, 2.24) is 9.97 Å². The van der Waals surface area contributed by atoms with Gasteiger partial charge < -0.3 is 15.4 Å². The smallest absolute Gasteiger partial charge is 0.159 e. The van der Waals surface area contributed by atoms with Crippen LogP contribution in [0.3, 0.4) is 0 Å². The minimum atomic E-state index is -0.470. The summed E-state index contributed by atoms with van der Waals surface area (Å²) in [7, 11) is 0. The fourth-order valence-corrected chi connectivity index (χ4v) is 5.97. The highest BCUT2D eigenvalue weighted by atomic mass is 32.1. The van der Waals surface area contributed by atoms with Gasteiger partial charge in [-0.05, 0) is 48.6 Å². The molecule has 220 valence electrons. The van der Waals surface area contributed by atoms with Crippen molar-refractivity contribution in [3.8, 4) is 17.3 Å². The number of aromatic nitrogens is 2. The van der Waals surface area contributed by atoms with Crippen molar-refractivity contribution in [2.24, 2.45) is 0 Å². The van der Waals surface area contributed by atoms with Crippen molar-refractivity contribution < 1.29 is 9.13 Å². The summed E-state index contributed by atoms with van der Waals surface area (Å²) in [6.45, 7) is 17.6. The number of hydrogen-bond acceptors (Lipinski definition) is 7. The van der Waals surface area contributed by atoms with Gasteiger partial charge in [-0.15, -0.1) is 11.3 Å². The van der Waals surface area contributed by atoms with Crippen LogP contribution in [0.15, 0.2) is 18.3 Å². The van der Waals surface area contributed by atoms with Crippen molar-refractivity contribution in [3.63, 3.8) is 0 Å². The molecule has 5 heterocycles. The van der Waals surface area contributed by atoms with Gasteiger partial charge in [0.05, 0.1) is 40.9 Å². The summed E-state index contributed by atoms with van der Waals surface area (Å²) >= 11 is 1.09. The van der Waals surface area contributed by atoms with E-state index in [9.17, 15) is 9.65 Å². The lowest BCUT2D eigenvalue weighted by Crippen LogP contribution is -2.19. The predicted molar refractivity (Wildman–Crippen MR) is 172 cm³/mol. The molecule has 6 nitrogen and oxygen atoms in total. The minimum absolute atomic E-state index is 0.276. The molecule has 0 unspecified atom stereocenters. The summed E-state index contributed by atoms with van der Waals surface area (Å²) in [5.41, 5.74) is 11.8. The quantitative estimate of drug-likeness (QED) is 0.261. The number of unbranched alkanes of at least 4 members (excludes halogenated alkanes) is 1. The van der Waals surface area contributed by atoms with Crippen molar-refractivity contribution in [1.29, 1.82) is 5.26 Å². The summed E-state index contributed by atoms with van der Waals surface area (Å²) in [4.78, 5) is 11.8. The van der Waals surface area contributed by atoms with Crippen LogP contribution < -0.4 is 10.6 Å². The van der Waals surface area contributed by atoms with E-state index in [1.165, 1.54) is 38.3 Å². The van der Waals surface area contributed by atoms with Crippen LogP contribution >= 0.6 is 11.3 Å². The van der Waals surface area contributed by atoms with E-state index in [2.05, 4.69) is 55.8 Å². The van der Waals surface area contributed by atoms with Gasteiger partial charge in [-0.25, -0.2) is 9.37 Å². The van der Waals surface area contributed by atoms with Crippen molar-refractivity contribution in [2.45, 2.75) is 93.8 Å². The van der Waals surface area contributed by atoms with Gasteiger partial charge in [-0.2, -0.15) is 5.26 Å². The van der Waals surface area contributed by atoms with Gasteiger partial charge in [0.1, 0.15) is 16.9 Å². The van der Waals surface area contributed by atoms with Crippen LogP contribution in [0.25, 0.3) is 32.2 Å². The van der Waals surface area contributed by atoms with E-state index in [1.54, 1.807) is 0 Å². The van der Waals surface area contributed by atoms with Crippen molar-refractivity contribution in [3.05, 3.63) is 46.4 Å². The van der Waals surface area contributed by atoms with E-state index in [0.717, 1.165) is 63.4 Å². The Morgan fingerprint density at radius 3 is 2.32 bits per heavy atom. The fourth-order valence-electron chi connectivity index (χ4n) is 5.05. The number of pyridine rings is 2. The number of thiophene rings is 1. The predicted octanol–water partition coefficient (Wildman–Crippen LogP) is 9.29. The topological polar surface area (TPSA) is 88.1 Å². The second kappa shape index (κ2) is 15.1. The van der Waals surface area contributed by atoms with E-state index in [4.69, 9.17) is 15.5 Å². The molecule has 2 N–H and O–H groups in total. The van der Waals surface area contributed by atoms with Crippen LogP contribution in [0.1, 0.15) is 95.9 Å². The first kappa shape index (κ1) is 32.2. The number of nitrogen functional groups attached to an aromatic ring is 1. The monoisotopic (exact) mass is 577 g/mol. The van der Waals surface area contributed by atoms with Crippen LogP contribution in [0.2, 0.25) is 0 Å². The molecule has 0 aliphatic carbocycles. The molecule has 3 aromatic heterocycles. The Morgan fingerprint density at radius 1 is 1.07 bits per heavy atom. The number of rotatable bonds is 3. The van der Waals surface area contributed by atoms with Crippen LogP contribution in [0.5, 0.6) is 0 Å². The number of fused-ring (bicyclic) bond motifs is 4. The summed E-state index contributed by atoms with van der Waals surface area (Å²) < 4.78 is 20.8. The molecule has 2 aliphatic heterocycles. The third kappa shape index (κ3) is 6.47. The normalized spacial score (nSPS) is 13.5. The van der Waals surface area contributed by atoms with Gasteiger partial charge in [-0.1, -0.05) is 60.8 Å². The Labute approximate surface area is 248 Å². The molecule has 41 heavy (non-hydrogen) atoms. The fraction of sp³-hybridized carbons (Fsp3) is 0.485. The Bertz CT molecular complexity index is 1520. The summed E-state index contributed by atoms with van der Waals surface area (Å²) in [6, 6.07) is 6.38. The maximum Gasteiger partial charge on any atom is 0.159 e. The molecular weight excluding hydrogens is 533 g/mol. The maximum atomic E-state index is 14.6. The third-order valence-electron chi connectivity index (χ3n) is 7.07. The number of halogens is 1. The molecule has 8 heteroatoms. The molecule has 0 atom stereocenters. The van der Waals surface area contributed by atoms with E-state index in [0.29, 0.717) is 34.0 Å². The van der Waals surface area contributed by atoms with Gasteiger partial charge >= 0.3 is 0 Å². The van der Waals surface area contributed by atoms with Crippen molar-refractivity contribution >= 4 is 43.1 Å². The number of hydrogen-bond donors (Lipinski definition) is 1. The molecule has 4 aromatic rings. The summed E-state index contributed by atoms with van der Waals surface area (Å²) in [6.07, 6.45) is 7.46. The van der Waals surface area contributed by atoms with Gasteiger partial charge in [-0.3, -0.25) is 4.98 Å². The molecule has 1 aromatic carbocycles. The van der Waals surface area contributed by atoms with Gasteiger partial charge in [0.25, 0.3) is 0 Å². The average molecular weight is 578 g/mol. The standard InChI is InChI=1S/C24H20FN5OS.C4H10.C3H8.C2H6/c1-12-19(22-20-14(8-26)24(27)32-23(20)17(25)9-28-22)16-11-31-10-15(16)13-4-5-18(29-21(12)13)30-6-2-3-7-30;1-3-4-2;1-3-2;1-2/h4-5,9H,2-3,6-7,10-11,27H2,1H3;3-4H2,1-2H3;3H2,1-2H3;1-2H3. The molecule has 6 rings (SSSR count). The molecule has 2 aliphatic rings.